The van der Waals surface area contributed by atoms with Crippen molar-refractivity contribution in [3.05, 3.63) is 0 Å². The van der Waals surface area contributed by atoms with Crippen LogP contribution in [0.3, 0.4) is 0 Å². The lowest BCUT2D eigenvalue weighted by Gasteiger charge is -2.40. The Morgan fingerprint density at radius 3 is 1.82 bits per heavy atom. The van der Waals surface area contributed by atoms with Crippen LogP contribution in [0.25, 0.3) is 0 Å². The molecule has 1 aliphatic carbocycles. The van der Waals surface area contributed by atoms with Crippen molar-refractivity contribution < 1.29 is 0 Å². The van der Waals surface area contributed by atoms with Crippen LogP contribution in [-0.4, -0.2) is 36.1 Å². The van der Waals surface area contributed by atoms with E-state index in [2.05, 4.69) is 51.8 Å². The molecule has 0 amide bonds. The Morgan fingerprint density at radius 2 is 1.36 bits per heavy atom. The van der Waals surface area contributed by atoms with Gasteiger partial charge in [-0.25, -0.2) is 0 Å². The maximum atomic E-state index is 3.78. The van der Waals surface area contributed by atoms with E-state index in [9.17, 15) is 0 Å². The summed E-state index contributed by atoms with van der Waals surface area (Å²) < 4.78 is 0. The van der Waals surface area contributed by atoms with Gasteiger partial charge in [0.25, 0.3) is 0 Å². The Bertz CT molecular complexity index is 321. The minimum atomic E-state index is 0.262. The van der Waals surface area contributed by atoms with Gasteiger partial charge in [0.2, 0.25) is 0 Å². The molecule has 22 heavy (non-hydrogen) atoms. The third kappa shape index (κ3) is 5.85. The molecule has 0 spiro atoms. The van der Waals surface area contributed by atoms with E-state index in [-0.39, 0.29) is 5.54 Å². The molecule has 2 nitrogen and oxygen atoms in total. The van der Waals surface area contributed by atoms with E-state index in [0.29, 0.717) is 5.41 Å². The van der Waals surface area contributed by atoms with Gasteiger partial charge < -0.3 is 10.2 Å². The lowest BCUT2D eigenvalue weighted by molar-refractivity contribution is 0.108. The highest BCUT2D eigenvalue weighted by molar-refractivity contribution is 4.85. The van der Waals surface area contributed by atoms with Crippen LogP contribution in [-0.2, 0) is 0 Å². The van der Waals surface area contributed by atoms with Gasteiger partial charge in [0.1, 0.15) is 0 Å². The minimum absolute atomic E-state index is 0.262. The molecule has 0 aromatic rings. The summed E-state index contributed by atoms with van der Waals surface area (Å²) >= 11 is 0. The first-order valence-corrected chi connectivity index (χ1v) is 9.63. The fourth-order valence-corrected chi connectivity index (χ4v) is 4.45. The Kier molecular flexibility index (Phi) is 5.99. The van der Waals surface area contributed by atoms with Crippen LogP contribution >= 0.6 is 0 Å². The van der Waals surface area contributed by atoms with Crippen molar-refractivity contribution >= 4 is 0 Å². The topological polar surface area (TPSA) is 15.3 Å². The second kappa shape index (κ2) is 7.21. The zero-order valence-corrected chi connectivity index (χ0v) is 16.0. The first-order valence-electron chi connectivity index (χ1n) is 9.63. The van der Waals surface area contributed by atoms with Crippen LogP contribution in [0.4, 0.5) is 0 Å². The van der Waals surface area contributed by atoms with Crippen molar-refractivity contribution in [2.45, 2.75) is 91.6 Å². The molecule has 0 atom stereocenters. The van der Waals surface area contributed by atoms with Gasteiger partial charge in [-0.05, 0) is 89.6 Å². The number of likely N-dealkylation sites (tertiary alicyclic amines) is 1. The van der Waals surface area contributed by atoms with E-state index in [1.807, 2.05) is 0 Å². The predicted molar refractivity (Wildman–Crippen MR) is 97.3 cm³/mol. The molecule has 1 N–H and O–H groups in total. The highest BCUT2D eigenvalue weighted by Crippen LogP contribution is 2.40. The van der Waals surface area contributed by atoms with Crippen molar-refractivity contribution in [2.75, 3.05) is 19.6 Å². The molecule has 1 heterocycles. The highest BCUT2D eigenvalue weighted by atomic mass is 15.1. The average Bonchev–Trinajstić information content (AvgIpc) is 2.39. The molecule has 2 rings (SSSR count). The molecule has 0 bridgehead atoms. The lowest BCUT2D eigenvalue weighted by atomic mass is 9.70. The maximum Gasteiger partial charge on any atom is 0.00991 e. The van der Waals surface area contributed by atoms with E-state index in [1.165, 1.54) is 58.2 Å². The molecule has 2 heteroatoms. The summed E-state index contributed by atoms with van der Waals surface area (Å²) in [5.74, 6) is 1.91. The average molecular weight is 309 g/mol. The number of hydrogen-bond donors (Lipinski definition) is 1. The molecular weight excluding hydrogens is 268 g/mol. The van der Waals surface area contributed by atoms with E-state index in [0.717, 1.165) is 17.9 Å². The molecule has 2 aliphatic rings. The number of nitrogens with zero attached hydrogens (tertiary/aromatic N) is 1. The SMILES string of the molecule is CC(C)(C)NC1CCN(CC2CCC(C(C)(C)C)CC2)CC1. The third-order valence-corrected chi connectivity index (χ3v) is 5.81. The smallest absolute Gasteiger partial charge is 0.00991 e. The van der Waals surface area contributed by atoms with Crippen LogP contribution in [0, 0.1) is 17.3 Å². The summed E-state index contributed by atoms with van der Waals surface area (Å²) in [6.07, 6.45) is 8.49. The summed E-state index contributed by atoms with van der Waals surface area (Å²) in [5.41, 5.74) is 0.778. The first kappa shape index (κ1) is 18.3. The standard InChI is InChI=1S/C20H40N2/c1-19(2,3)17-9-7-16(8-10-17)15-22-13-11-18(12-14-22)21-20(4,5)6/h16-18,21H,7-15H2,1-6H3. The Labute approximate surface area is 139 Å². The van der Waals surface area contributed by atoms with Crippen molar-refractivity contribution in [3.63, 3.8) is 0 Å². The van der Waals surface area contributed by atoms with Crippen LogP contribution in [0.15, 0.2) is 0 Å². The third-order valence-electron chi connectivity index (χ3n) is 5.81. The van der Waals surface area contributed by atoms with Gasteiger partial charge in [-0.1, -0.05) is 20.8 Å². The Balaban J connectivity index is 1.67. The summed E-state index contributed by atoms with van der Waals surface area (Å²) in [5, 5.41) is 3.78. The van der Waals surface area contributed by atoms with Gasteiger partial charge in [0.05, 0.1) is 0 Å². The minimum Gasteiger partial charge on any atom is -0.309 e. The number of nitrogens with one attached hydrogen (secondary N) is 1. The van der Waals surface area contributed by atoms with Crippen molar-refractivity contribution in [2.24, 2.45) is 17.3 Å². The molecular formula is C20H40N2. The van der Waals surface area contributed by atoms with Crippen molar-refractivity contribution in [1.29, 1.82) is 0 Å². The Morgan fingerprint density at radius 1 is 0.818 bits per heavy atom. The van der Waals surface area contributed by atoms with Crippen LogP contribution in [0.2, 0.25) is 0 Å². The fourth-order valence-electron chi connectivity index (χ4n) is 4.45. The van der Waals surface area contributed by atoms with E-state index in [1.54, 1.807) is 0 Å². The summed E-state index contributed by atoms with van der Waals surface area (Å²) in [7, 11) is 0. The molecule has 0 unspecified atom stereocenters. The second-order valence-electron chi connectivity index (χ2n) is 10.1. The zero-order chi connectivity index (χ0) is 16.4. The zero-order valence-electron chi connectivity index (χ0n) is 16.0. The highest BCUT2D eigenvalue weighted by Gasteiger charge is 2.31. The lowest BCUT2D eigenvalue weighted by Crippen LogP contribution is -2.50. The largest absolute Gasteiger partial charge is 0.309 e. The normalized spacial score (nSPS) is 29.7. The number of rotatable bonds is 3. The number of piperidine rings is 1. The monoisotopic (exact) mass is 308 g/mol. The van der Waals surface area contributed by atoms with Gasteiger partial charge in [-0.2, -0.15) is 0 Å². The van der Waals surface area contributed by atoms with Gasteiger partial charge in [-0.15, -0.1) is 0 Å². The molecule has 1 aliphatic heterocycles. The van der Waals surface area contributed by atoms with Crippen LogP contribution in [0.5, 0.6) is 0 Å². The van der Waals surface area contributed by atoms with Crippen LogP contribution < -0.4 is 5.32 Å². The van der Waals surface area contributed by atoms with Crippen LogP contribution in [0.1, 0.15) is 80.1 Å². The predicted octanol–water partition coefficient (Wildman–Crippen LogP) is 4.69. The van der Waals surface area contributed by atoms with Gasteiger partial charge in [0.15, 0.2) is 0 Å². The quantitative estimate of drug-likeness (QED) is 0.813. The molecule has 2 fully saturated rings. The molecule has 0 radical (unpaired) electrons. The van der Waals surface area contributed by atoms with E-state index < -0.39 is 0 Å². The Hall–Kier alpha value is -0.0800. The molecule has 1 saturated heterocycles. The molecule has 0 aromatic carbocycles. The second-order valence-corrected chi connectivity index (χ2v) is 10.1. The summed E-state index contributed by atoms with van der Waals surface area (Å²) in [6.45, 7) is 18.1. The summed E-state index contributed by atoms with van der Waals surface area (Å²) in [6, 6.07) is 0.730. The van der Waals surface area contributed by atoms with Gasteiger partial charge >= 0.3 is 0 Å². The fraction of sp³-hybridized carbons (Fsp3) is 1.00. The van der Waals surface area contributed by atoms with Gasteiger partial charge in [-0.3, -0.25) is 0 Å². The molecule has 130 valence electrons. The van der Waals surface area contributed by atoms with Crippen molar-refractivity contribution in [1.82, 2.24) is 10.2 Å². The number of hydrogen-bond acceptors (Lipinski definition) is 2. The molecule has 0 aromatic heterocycles. The maximum absolute atomic E-state index is 3.78. The van der Waals surface area contributed by atoms with Crippen molar-refractivity contribution in [3.8, 4) is 0 Å². The van der Waals surface area contributed by atoms with E-state index in [4.69, 9.17) is 0 Å². The summed E-state index contributed by atoms with van der Waals surface area (Å²) in [4.78, 5) is 2.74. The van der Waals surface area contributed by atoms with Gasteiger partial charge in [0, 0.05) is 18.1 Å². The first-order chi connectivity index (χ1) is 10.1. The van der Waals surface area contributed by atoms with E-state index >= 15 is 0 Å². The molecule has 1 saturated carbocycles.